The molecular formula is C11H14N4O2. The zero-order chi connectivity index (χ0) is 12.4. The molecule has 0 unspecified atom stereocenters. The Bertz CT molecular complexity index is 611. The summed E-state index contributed by atoms with van der Waals surface area (Å²) < 4.78 is 1.36. The fourth-order valence-corrected chi connectivity index (χ4v) is 1.62. The fourth-order valence-electron chi connectivity index (χ4n) is 1.62. The van der Waals surface area contributed by atoms with E-state index in [1.807, 2.05) is 0 Å². The van der Waals surface area contributed by atoms with Crippen LogP contribution in [0.2, 0.25) is 0 Å². The molecule has 0 aliphatic rings. The van der Waals surface area contributed by atoms with Gasteiger partial charge in [-0.3, -0.25) is 14.7 Å². The normalized spacial score (nSPS) is 10.7. The summed E-state index contributed by atoms with van der Waals surface area (Å²) >= 11 is 0. The van der Waals surface area contributed by atoms with Gasteiger partial charge in [-0.1, -0.05) is 6.92 Å². The minimum Gasteiger partial charge on any atom is -0.352 e. The molecule has 0 aliphatic heterocycles. The summed E-state index contributed by atoms with van der Waals surface area (Å²) in [6, 6.07) is 1.73. The maximum atomic E-state index is 12.1. The van der Waals surface area contributed by atoms with E-state index in [0.29, 0.717) is 23.3 Å². The molecule has 0 saturated carbocycles. The summed E-state index contributed by atoms with van der Waals surface area (Å²) in [7, 11) is 0. The van der Waals surface area contributed by atoms with Crippen molar-refractivity contribution < 1.29 is 4.79 Å². The highest BCUT2D eigenvalue weighted by Crippen LogP contribution is 2.02. The lowest BCUT2D eigenvalue weighted by Gasteiger charge is -2.06. The van der Waals surface area contributed by atoms with Gasteiger partial charge < -0.3 is 5.32 Å². The quantitative estimate of drug-likeness (QED) is 0.804. The molecule has 0 bridgehead atoms. The van der Waals surface area contributed by atoms with E-state index in [1.54, 1.807) is 26.1 Å². The smallest absolute Gasteiger partial charge is 0.277 e. The maximum absolute atomic E-state index is 12.1. The Balaban J connectivity index is 2.39. The second-order valence-electron chi connectivity index (χ2n) is 3.77. The highest BCUT2D eigenvalue weighted by Gasteiger charge is 2.10. The van der Waals surface area contributed by atoms with E-state index in [9.17, 15) is 9.59 Å². The van der Waals surface area contributed by atoms with Crippen molar-refractivity contribution in [3.05, 3.63) is 33.9 Å². The van der Waals surface area contributed by atoms with E-state index in [2.05, 4.69) is 15.4 Å². The highest BCUT2D eigenvalue weighted by atomic mass is 16.1. The van der Waals surface area contributed by atoms with Gasteiger partial charge in [0.05, 0.1) is 17.8 Å². The van der Waals surface area contributed by atoms with Crippen LogP contribution in [0.1, 0.15) is 24.6 Å². The van der Waals surface area contributed by atoms with Crippen molar-refractivity contribution in [1.82, 2.24) is 19.9 Å². The number of aromatic amines is 1. The molecule has 17 heavy (non-hydrogen) atoms. The molecule has 6 nitrogen and oxygen atoms in total. The Morgan fingerprint density at radius 2 is 2.35 bits per heavy atom. The molecule has 2 aromatic rings. The minimum absolute atomic E-state index is 0.0830. The zero-order valence-corrected chi connectivity index (χ0v) is 9.78. The first-order chi connectivity index (χ1) is 8.13. The van der Waals surface area contributed by atoms with Crippen molar-refractivity contribution >= 4 is 11.6 Å². The van der Waals surface area contributed by atoms with Gasteiger partial charge in [-0.05, 0) is 6.92 Å². The molecule has 2 aromatic heterocycles. The van der Waals surface area contributed by atoms with Crippen molar-refractivity contribution in [1.29, 1.82) is 0 Å². The van der Waals surface area contributed by atoms with Crippen LogP contribution in [-0.2, 0) is 11.3 Å². The second-order valence-corrected chi connectivity index (χ2v) is 3.77. The van der Waals surface area contributed by atoms with Crippen LogP contribution in [-0.4, -0.2) is 20.5 Å². The number of hydrogen-bond donors (Lipinski definition) is 2. The molecule has 0 atom stereocenters. The predicted molar refractivity (Wildman–Crippen MR) is 62.7 cm³/mol. The molecule has 0 aliphatic carbocycles. The van der Waals surface area contributed by atoms with Gasteiger partial charge in [0.25, 0.3) is 5.56 Å². The Labute approximate surface area is 97.7 Å². The maximum Gasteiger partial charge on any atom is 0.277 e. The summed E-state index contributed by atoms with van der Waals surface area (Å²) in [5.74, 6) is -0.0830. The number of aryl methyl sites for hydroxylation is 1. The van der Waals surface area contributed by atoms with Gasteiger partial charge in [0.15, 0.2) is 5.65 Å². The van der Waals surface area contributed by atoms with Crippen molar-refractivity contribution in [2.24, 2.45) is 0 Å². The van der Waals surface area contributed by atoms with Crippen molar-refractivity contribution in [3.8, 4) is 0 Å². The number of H-pyrrole nitrogens is 1. The van der Waals surface area contributed by atoms with Gasteiger partial charge in [-0.15, -0.1) is 0 Å². The van der Waals surface area contributed by atoms with Crippen molar-refractivity contribution in [3.63, 3.8) is 0 Å². The monoisotopic (exact) mass is 234 g/mol. The molecule has 6 heteroatoms. The third-order valence-corrected chi connectivity index (χ3v) is 2.63. The van der Waals surface area contributed by atoms with Crippen LogP contribution >= 0.6 is 0 Å². The Morgan fingerprint density at radius 1 is 1.59 bits per heavy atom. The number of nitrogens with one attached hydrogen (secondary N) is 2. The Morgan fingerprint density at radius 3 is 3.06 bits per heavy atom. The minimum atomic E-state index is -0.172. The van der Waals surface area contributed by atoms with E-state index in [1.165, 1.54) is 4.52 Å². The van der Waals surface area contributed by atoms with E-state index in [4.69, 9.17) is 0 Å². The number of rotatable bonds is 3. The van der Waals surface area contributed by atoms with Crippen LogP contribution in [0.25, 0.3) is 5.65 Å². The number of nitrogens with zero attached hydrogens (tertiary/aromatic N) is 2. The number of aromatic nitrogens is 3. The number of fused-ring (bicyclic) bond motifs is 1. The first-order valence-corrected chi connectivity index (χ1v) is 5.45. The van der Waals surface area contributed by atoms with Crippen LogP contribution in [0.4, 0.5) is 0 Å². The van der Waals surface area contributed by atoms with Crippen molar-refractivity contribution in [2.75, 3.05) is 0 Å². The van der Waals surface area contributed by atoms with Crippen LogP contribution < -0.4 is 10.9 Å². The molecule has 0 radical (unpaired) electrons. The number of carbonyl (C=O) groups is 1. The largest absolute Gasteiger partial charge is 0.352 e. The highest BCUT2D eigenvalue weighted by molar-refractivity contribution is 5.75. The third kappa shape index (κ3) is 2.06. The van der Waals surface area contributed by atoms with Gasteiger partial charge in [-0.2, -0.15) is 0 Å². The van der Waals surface area contributed by atoms with E-state index in [-0.39, 0.29) is 18.0 Å². The van der Waals surface area contributed by atoms with Crippen LogP contribution in [0, 0.1) is 6.92 Å². The molecule has 0 saturated heterocycles. The molecule has 0 spiro atoms. The zero-order valence-electron chi connectivity index (χ0n) is 9.78. The van der Waals surface area contributed by atoms with Gasteiger partial charge in [0.1, 0.15) is 0 Å². The molecule has 0 fully saturated rings. The average Bonchev–Trinajstić information content (AvgIpc) is 2.76. The van der Waals surface area contributed by atoms with E-state index < -0.39 is 0 Å². The molecule has 2 rings (SSSR count). The molecule has 0 aromatic carbocycles. The van der Waals surface area contributed by atoms with Crippen LogP contribution in [0.15, 0.2) is 17.1 Å². The van der Waals surface area contributed by atoms with Gasteiger partial charge in [0.2, 0.25) is 5.91 Å². The lowest BCUT2D eigenvalue weighted by Crippen LogP contribution is -2.29. The fraction of sp³-hybridized carbons (Fsp3) is 0.364. The Hall–Kier alpha value is -2.11. The van der Waals surface area contributed by atoms with Gasteiger partial charge >= 0.3 is 0 Å². The molecular weight excluding hydrogens is 220 g/mol. The van der Waals surface area contributed by atoms with Crippen molar-refractivity contribution in [2.45, 2.75) is 26.8 Å². The lowest BCUT2D eigenvalue weighted by atomic mass is 10.2. The molecule has 1 amide bonds. The number of carbonyl (C=O) groups excluding carboxylic acids is 1. The summed E-state index contributed by atoms with van der Waals surface area (Å²) in [6.07, 6.45) is 2.05. The Kier molecular flexibility index (Phi) is 2.95. The predicted octanol–water partition coefficient (Wildman–Crippen LogP) is 0.357. The van der Waals surface area contributed by atoms with Crippen LogP contribution in [0.5, 0.6) is 0 Å². The average molecular weight is 234 g/mol. The van der Waals surface area contributed by atoms with Gasteiger partial charge in [-0.25, -0.2) is 9.50 Å². The second kappa shape index (κ2) is 4.40. The summed E-state index contributed by atoms with van der Waals surface area (Å²) in [4.78, 5) is 27.5. The third-order valence-electron chi connectivity index (χ3n) is 2.63. The summed E-state index contributed by atoms with van der Waals surface area (Å²) in [5.41, 5.74) is 1.56. The van der Waals surface area contributed by atoms with Crippen LogP contribution in [0.3, 0.4) is 0 Å². The summed E-state index contributed by atoms with van der Waals surface area (Å²) in [6.45, 7) is 3.75. The topological polar surface area (TPSA) is 79.3 Å². The first-order valence-electron chi connectivity index (χ1n) is 5.45. The molecule has 90 valence electrons. The standard InChI is InChI=1S/C11H14N4O2/c1-3-10(16)12-6-8-7(2)14-9-4-5-13-15(9)11(8)17/h4-5,13H,3,6H2,1-2H3,(H,12,16). The van der Waals surface area contributed by atoms with E-state index >= 15 is 0 Å². The lowest BCUT2D eigenvalue weighted by molar-refractivity contribution is -0.120. The SMILES string of the molecule is CCC(=O)NCc1c(C)nc2cc[nH]n2c1=O. The number of amides is 1. The van der Waals surface area contributed by atoms with Gasteiger partial charge in [0, 0.05) is 18.7 Å². The van der Waals surface area contributed by atoms with E-state index in [0.717, 1.165) is 0 Å². The number of hydrogen-bond acceptors (Lipinski definition) is 3. The summed E-state index contributed by atoms with van der Waals surface area (Å²) in [5, 5.41) is 5.47. The molecule has 2 heterocycles. The molecule has 2 N–H and O–H groups in total. The first kappa shape index (κ1) is 11.4.